The van der Waals surface area contributed by atoms with Crippen LogP contribution in [0.3, 0.4) is 0 Å². The van der Waals surface area contributed by atoms with Crippen molar-refractivity contribution < 1.29 is 14.3 Å². The van der Waals surface area contributed by atoms with E-state index in [9.17, 15) is 9.59 Å². The third kappa shape index (κ3) is 4.70. The predicted molar refractivity (Wildman–Crippen MR) is 107 cm³/mol. The lowest BCUT2D eigenvalue weighted by Gasteiger charge is -2.10. The lowest BCUT2D eigenvalue weighted by atomic mass is 10.1. The van der Waals surface area contributed by atoms with Gasteiger partial charge in [-0.3, -0.25) is 9.59 Å². The van der Waals surface area contributed by atoms with Gasteiger partial charge in [0.15, 0.2) is 5.78 Å². The molecule has 2 N–H and O–H groups in total. The zero-order valence-corrected chi connectivity index (χ0v) is 15.8. The number of hydrogen-bond acceptors (Lipinski definition) is 6. The minimum atomic E-state index is -0.362. The summed E-state index contributed by atoms with van der Waals surface area (Å²) in [6.45, 7) is 3.28. The first-order valence-electron chi connectivity index (χ1n) is 8.64. The van der Waals surface area contributed by atoms with Crippen molar-refractivity contribution in [3.05, 3.63) is 71.5 Å². The fourth-order valence-corrected chi connectivity index (χ4v) is 2.58. The summed E-state index contributed by atoms with van der Waals surface area (Å²) < 4.78 is 5.16. The van der Waals surface area contributed by atoms with E-state index in [4.69, 9.17) is 4.74 Å². The summed E-state index contributed by atoms with van der Waals surface area (Å²) in [5.74, 6) is 0.521. The Kier molecular flexibility index (Phi) is 5.64. The standard InChI is InChI=1S/C21H20N4O3/c1-13-10-19(20(27)23-17-8-5-9-18(12-17)28-3)25-21(22-13)24-16-7-4-6-15(11-16)14(2)26/h4-12H,1-3H3,(H,23,27)(H,22,24,25). The lowest BCUT2D eigenvalue weighted by molar-refractivity contribution is 0.101. The monoisotopic (exact) mass is 376 g/mol. The number of amides is 1. The molecular weight excluding hydrogens is 356 g/mol. The van der Waals surface area contributed by atoms with Crippen molar-refractivity contribution in [3.8, 4) is 5.75 Å². The highest BCUT2D eigenvalue weighted by molar-refractivity contribution is 6.03. The third-order valence-corrected chi connectivity index (χ3v) is 3.94. The van der Waals surface area contributed by atoms with Gasteiger partial charge in [0.25, 0.3) is 5.91 Å². The van der Waals surface area contributed by atoms with Gasteiger partial charge in [-0.25, -0.2) is 9.97 Å². The quantitative estimate of drug-likeness (QED) is 0.632. The molecule has 1 amide bonds. The molecule has 0 fully saturated rings. The number of anilines is 3. The second kappa shape index (κ2) is 8.30. The number of nitrogens with zero attached hydrogens (tertiary/aromatic N) is 2. The van der Waals surface area contributed by atoms with Crippen LogP contribution < -0.4 is 15.4 Å². The Balaban J connectivity index is 1.81. The summed E-state index contributed by atoms with van der Waals surface area (Å²) >= 11 is 0. The number of benzene rings is 2. The van der Waals surface area contributed by atoms with Crippen LogP contribution in [-0.2, 0) is 0 Å². The van der Waals surface area contributed by atoms with E-state index >= 15 is 0 Å². The fraction of sp³-hybridized carbons (Fsp3) is 0.143. The van der Waals surface area contributed by atoms with E-state index < -0.39 is 0 Å². The zero-order chi connectivity index (χ0) is 20.1. The molecule has 0 atom stereocenters. The van der Waals surface area contributed by atoms with Crippen molar-refractivity contribution >= 4 is 29.0 Å². The van der Waals surface area contributed by atoms with Crippen LogP contribution in [-0.4, -0.2) is 28.8 Å². The maximum atomic E-state index is 12.6. The zero-order valence-electron chi connectivity index (χ0n) is 15.8. The average molecular weight is 376 g/mol. The molecule has 142 valence electrons. The number of rotatable bonds is 6. The minimum absolute atomic E-state index is 0.0350. The first kappa shape index (κ1) is 19.0. The van der Waals surface area contributed by atoms with Gasteiger partial charge in [0.05, 0.1) is 7.11 Å². The molecule has 28 heavy (non-hydrogen) atoms. The van der Waals surface area contributed by atoms with Crippen molar-refractivity contribution in [2.45, 2.75) is 13.8 Å². The second-order valence-corrected chi connectivity index (χ2v) is 6.17. The summed E-state index contributed by atoms with van der Waals surface area (Å²) in [5, 5.41) is 5.84. The molecule has 3 rings (SSSR count). The molecule has 7 nitrogen and oxygen atoms in total. The molecular formula is C21H20N4O3. The molecule has 2 aromatic carbocycles. The van der Waals surface area contributed by atoms with E-state index in [1.807, 2.05) is 0 Å². The molecule has 0 spiro atoms. The summed E-state index contributed by atoms with van der Waals surface area (Å²) in [4.78, 5) is 32.8. The molecule has 0 bridgehead atoms. The molecule has 0 saturated heterocycles. The Morgan fingerprint density at radius 1 is 0.964 bits per heavy atom. The van der Waals surface area contributed by atoms with Gasteiger partial charge in [0.2, 0.25) is 5.95 Å². The van der Waals surface area contributed by atoms with Gasteiger partial charge in [-0.15, -0.1) is 0 Å². The molecule has 0 aliphatic rings. The summed E-state index contributed by atoms with van der Waals surface area (Å²) in [6, 6.07) is 15.7. The largest absolute Gasteiger partial charge is 0.497 e. The topological polar surface area (TPSA) is 93.2 Å². The number of carbonyl (C=O) groups is 2. The Hall–Kier alpha value is -3.74. The smallest absolute Gasteiger partial charge is 0.274 e. The van der Waals surface area contributed by atoms with Crippen molar-refractivity contribution in [1.82, 2.24) is 9.97 Å². The molecule has 0 saturated carbocycles. The molecule has 0 aliphatic carbocycles. The van der Waals surface area contributed by atoms with Crippen molar-refractivity contribution in [2.75, 3.05) is 17.7 Å². The molecule has 1 heterocycles. The number of ether oxygens (including phenoxy) is 1. The van der Waals surface area contributed by atoms with Crippen LogP contribution in [0.1, 0.15) is 33.5 Å². The number of aryl methyl sites for hydroxylation is 1. The molecule has 7 heteroatoms. The van der Waals surface area contributed by atoms with Crippen LogP contribution >= 0.6 is 0 Å². The summed E-state index contributed by atoms with van der Waals surface area (Å²) in [5.41, 5.74) is 2.70. The maximum absolute atomic E-state index is 12.6. The van der Waals surface area contributed by atoms with Crippen LogP contribution in [0.5, 0.6) is 5.75 Å². The second-order valence-electron chi connectivity index (χ2n) is 6.17. The minimum Gasteiger partial charge on any atom is -0.497 e. The normalized spacial score (nSPS) is 10.2. The fourth-order valence-electron chi connectivity index (χ4n) is 2.58. The molecule has 3 aromatic rings. The van der Waals surface area contributed by atoms with Crippen LogP contribution in [0.2, 0.25) is 0 Å². The lowest BCUT2D eigenvalue weighted by Crippen LogP contribution is -2.15. The van der Waals surface area contributed by atoms with Crippen LogP contribution in [0.15, 0.2) is 54.6 Å². The van der Waals surface area contributed by atoms with Gasteiger partial charge < -0.3 is 15.4 Å². The van der Waals surface area contributed by atoms with Gasteiger partial charge in [-0.05, 0) is 44.2 Å². The Bertz CT molecular complexity index is 1030. The Morgan fingerprint density at radius 3 is 2.46 bits per heavy atom. The van der Waals surface area contributed by atoms with Crippen molar-refractivity contribution in [1.29, 1.82) is 0 Å². The third-order valence-electron chi connectivity index (χ3n) is 3.94. The van der Waals surface area contributed by atoms with E-state index in [2.05, 4.69) is 20.6 Å². The molecule has 1 aromatic heterocycles. The van der Waals surface area contributed by atoms with Crippen LogP contribution in [0.25, 0.3) is 0 Å². The van der Waals surface area contributed by atoms with Gasteiger partial charge in [-0.1, -0.05) is 18.2 Å². The average Bonchev–Trinajstić information content (AvgIpc) is 2.68. The summed E-state index contributed by atoms with van der Waals surface area (Å²) in [6.07, 6.45) is 0. The number of aromatic nitrogens is 2. The van der Waals surface area contributed by atoms with Crippen LogP contribution in [0, 0.1) is 6.92 Å². The maximum Gasteiger partial charge on any atom is 0.274 e. The van der Waals surface area contributed by atoms with Gasteiger partial charge in [0, 0.05) is 28.7 Å². The number of hydrogen-bond donors (Lipinski definition) is 2. The van der Waals surface area contributed by atoms with Crippen LogP contribution in [0.4, 0.5) is 17.3 Å². The van der Waals surface area contributed by atoms with E-state index in [-0.39, 0.29) is 23.3 Å². The van der Waals surface area contributed by atoms with Gasteiger partial charge in [-0.2, -0.15) is 0 Å². The molecule has 0 unspecified atom stereocenters. The number of Topliss-reactive ketones (excluding diaryl/α,β-unsaturated/α-hetero) is 1. The number of ketones is 1. The molecule has 0 aliphatic heterocycles. The first-order valence-corrected chi connectivity index (χ1v) is 8.64. The Morgan fingerprint density at radius 2 is 1.71 bits per heavy atom. The van der Waals surface area contributed by atoms with Gasteiger partial charge >= 0.3 is 0 Å². The SMILES string of the molecule is COc1cccc(NC(=O)c2cc(C)nc(Nc3cccc(C(C)=O)c3)n2)c1. The number of nitrogens with one attached hydrogen (secondary N) is 2. The number of methoxy groups -OCH3 is 1. The number of carbonyl (C=O) groups excluding carboxylic acids is 2. The van der Waals surface area contributed by atoms with E-state index in [1.165, 1.54) is 6.92 Å². The molecule has 0 radical (unpaired) electrons. The first-order chi connectivity index (χ1) is 13.4. The van der Waals surface area contributed by atoms with Crippen molar-refractivity contribution in [2.24, 2.45) is 0 Å². The highest BCUT2D eigenvalue weighted by atomic mass is 16.5. The highest BCUT2D eigenvalue weighted by Gasteiger charge is 2.12. The van der Waals surface area contributed by atoms with E-state index in [0.717, 1.165) is 0 Å². The van der Waals surface area contributed by atoms with Gasteiger partial charge in [0.1, 0.15) is 11.4 Å². The summed E-state index contributed by atoms with van der Waals surface area (Å²) in [7, 11) is 1.56. The highest BCUT2D eigenvalue weighted by Crippen LogP contribution is 2.19. The van der Waals surface area contributed by atoms with E-state index in [0.29, 0.717) is 28.4 Å². The van der Waals surface area contributed by atoms with Crippen molar-refractivity contribution in [3.63, 3.8) is 0 Å². The van der Waals surface area contributed by atoms with E-state index in [1.54, 1.807) is 68.6 Å². The predicted octanol–water partition coefficient (Wildman–Crippen LogP) is 3.99. The Labute approximate surface area is 162 Å².